The van der Waals surface area contributed by atoms with Crippen molar-refractivity contribution >= 4 is 16.0 Å². The minimum Gasteiger partial charge on any atom is -0.481 e. The van der Waals surface area contributed by atoms with Crippen LogP contribution in [-0.4, -0.2) is 26.0 Å². The van der Waals surface area contributed by atoms with E-state index in [1.165, 1.54) is 0 Å². The molecule has 20 heavy (non-hydrogen) atoms. The zero-order chi connectivity index (χ0) is 15.5. The van der Waals surface area contributed by atoms with E-state index >= 15 is 0 Å². The summed E-state index contributed by atoms with van der Waals surface area (Å²) in [5.74, 6) is -1.88. The van der Waals surface area contributed by atoms with Gasteiger partial charge in [0.2, 0.25) is 10.0 Å². The van der Waals surface area contributed by atoms with E-state index in [4.69, 9.17) is 5.11 Å². The molecule has 1 rings (SSSR count). The minimum absolute atomic E-state index is 0.108. The van der Waals surface area contributed by atoms with Crippen molar-refractivity contribution in [3.8, 4) is 0 Å². The maximum Gasteiger partial charge on any atom is 0.308 e. The van der Waals surface area contributed by atoms with Crippen molar-refractivity contribution in [3.63, 3.8) is 0 Å². The van der Waals surface area contributed by atoms with Gasteiger partial charge in [-0.15, -0.1) is 0 Å². The second kappa shape index (κ2) is 6.37. The zero-order valence-corrected chi connectivity index (χ0v) is 13.0. The lowest BCUT2D eigenvalue weighted by molar-refractivity contribution is -0.142. The Kier molecular flexibility index (Phi) is 5.30. The van der Waals surface area contributed by atoms with Crippen molar-refractivity contribution in [3.05, 3.63) is 29.3 Å². The van der Waals surface area contributed by atoms with Crippen LogP contribution in [0.4, 0.5) is 0 Å². The van der Waals surface area contributed by atoms with Gasteiger partial charge in [-0.25, -0.2) is 13.1 Å². The van der Waals surface area contributed by atoms with Crippen LogP contribution < -0.4 is 4.72 Å². The highest BCUT2D eigenvalue weighted by molar-refractivity contribution is 7.89. The molecule has 2 N–H and O–H groups in total. The van der Waals surface area contributed by atoms with Crippen molar-refractivity contribution in [1.29, 1.82) is 0 Å². The number of carboxylic acid groups (broad SMARTS) is 1. The van der Waals surface area contributed by atoms with Crippen molar-refractivity contribution < 1.29 is 18.3 Å². The van der Waals surface area contributed by atoms with Crippen LogP contribution in [-0.2, 0) is 14.8 Å². The minimum atomic E-state index is -3.69. The van der Waals surface area contributed by atoms with Crippen molar-refractivity contribution in [2.45, 2.75) is 32.6 Å². The number of rotatable bonds is 6. The quantitative estimate of drug-likeness (QED) is 0.841. The molecular formula is C14H21NO4S. The SMILES string of the molecule is Cc1ccc(C)c(S(=O)(=O)NCC(C(=O)O)C(C)C)c1. The predicted molar refractivity (Wildman–Crippen MR) is 77.1 cm³/mol. The van der Waals surface area contributed by atoms with Gasteiger partial charge in [-0.1, -0.05) is 26.0 Å². The van der Waals surface area contributed by atoms with Crippen LogP contribution in [0, 0.1) is 25.7 Å². The van der Waals surface area contributed by atoms with Crippen LogP contribution in [0.2, 0.25) is 0 Å². The number of hydrogen-bond donors (Lipinski definition) is 2. The van der Waals surface area contributed by atoms with Crippen LogP contribution in [0.1, 0.15) is 25.0 Å². The molecule has 5 nitrogen and oxygen atoms in total. The molecule has 1 aromatic carbocycles. The second-order valence-electron chi connectivity index (χ2n) is 5.31. The topological polar surface area (TPSA) is 83.5 Å². The highest BCUT2D eigenvalue weighted by atomic mass is 32.2. The Morgan fingerprint density at radius 2 is 1.90 bits per heavy atom. The number of benzene rings is 1. The van der Waals surface area contributed by atoms with E-state index in [1.807, 2.05) is 13.0 Å². The molecule has 6 heteroatoms. The third kappa shape index (κ3) is 4.05. The molecule has 112 valence electrons. The lowest BCUT2D eigenvalue weighted by Gasteiger charge is -2.17. The summed E-state index contributed by atoms with van der Waals surface area (Å²) in [5.41, 5.74) is 1.48. The van der Waals surface area contributed by atoms with Gasteiger partial charge in [0.25, 0.3) is 0 Å². The first kappa shape index (κ1) is 16.7. The van der Waals surface area contributed by atoms with Crippen LogP contribution in [0.5, 0.6) is 0 Å². The Morgan fingerprint density at radius 3 is 2.40 bits per heavy atom. The molecular weight excluding hydrogens is 278 g/mol. The van der Waals surface area contributed by atoms with Gasteiger partial charge < -0.3 is 5.11 Å². The van der Waals surface area contributed by atoms with E-state index in [2.05, 4.69) is 4.72 Å². The third-order valence-corrected chi connectivity index (χ3v) is 4.81. The van der Waals surface area contributed by atoms with Gasteiger partial charge in [0.15, 0.2) is 0 Å². The summed E-state index contributed by atoms with van der Waals surface area (Å²) in [5, 5.41) is 9.07. The number of aliphatic carboxylic acids is 1. The zero-order valence-electron chi connectivity index (χ0n) is 12.2. The smallest absolute Gasteiger partial charge is 0.308 e. The average Bonchev–Trinajstić information content (AvgIpc) is 2.31. The summed E-state index contributed by atoms with van der Waals surface area (Å²) in [4.78, 5) is 11.3. The fourth-order valence-corrected chi connectivity index (χ4v) is 3.27. The molecule has 0 bridgehead atoms. The standard InChI is InChI=1S/C14H21NO4S/c1-9(2)12(14(16)17)8-15-20(18,19)13-7-10(3)5-6-11(13)4/h5-7,9,12,15H,8H2,1-4H3,(H,16,17). The van der Waals surface area contributed by atoms with Crippen molar-refractivity contribution in [2.75, 3.05) is 6.54 Å². The van der Waals surface area contributed by atoms with E-state index in [9.17, 15) is 13.2 Å². The molecule has 0 radical (unpaired) electrons. The van der Waals surface area contributed by atoms with E-state index < -0.39 is 21.9 Å². The molecule has 0 amide bonds. The van der Waals surface area contributed by atoms with Gasteiger partial charge in [-0.05, 0) is 37.0 Å². The van der Waals surface area contributed by atoms with Crippen LogP contribution in [0.3, 0.4) is 0 Å². The van der Waals surface area contributed by atoms with Crippen LogP contribution >= 0.6 is 0 Å². The van der Waals surface area contributed by atoms with Gasteiger partial charge in [0.05, 0.1) is 10.8 Å². The summed E-state index contributed by atoms with van der Waals surface area (Å²) >= 11 is 0. The lowest BCUT2D eigenvalue weighted by Crippen LogP contribution is -2.35. The van der Waals surface area contributed by atoms with E-state index in [0.29, 0.717) is 5.56 Å². The Balaban J connectivity index is 2.95. The van der Waals surface area contributed by atoms with Gasteiger partial charge in [0, 0.05) is 6.54 Å². The summed E-state index contributed by atoms with van der Waals surface area (Å²) in [7, 11) is -3.69. The van der Waals surface area contributed by atoms with Gasteiger partial charge in [-0.2, -0.15) is 0 Å². The molecule has 0 aliphatic carbocycles. The predicted octanol–water partition coefficient (Wildman–Crippen LogP) is 1.94. The van der Waals surface area contributed by atoms with Crippen LogP contribution in [0.15, 0.2) is 23.1 Å². The Morgan fingerprint density at radius 1 is 1.30 bits per heavy atom. The summed E-state index contributed by atoms with van der Waals surface area (Å²) in [6.45, 7) is 6.93. The highest BCUT2D eigenvalue weighted by Gasteiger charge is 2.25. The van der Waals surface area contributed by atoms with E-state index in [-0.39, 0.29) is 17.4 Å². The molecule has 1 unspecified atom stereocenters. The molecule has 0 heterocycles. The molecule has 0 saturated carbocycles. The van der Waals surface area contributed by atoms with Crippen molar-refractivity contribution in [1.82, 2.24) is 4.72 Å². The Bertz CT molecular complexity index is 593. The number of sulfonamides is 1. The molecule has 0 fully saturated rings. The van der Waals surface area contributed by atoms with E-state index in [1.54, 1.807) is 32.9 Å². The number of carboxylic acids is 1. The largest absolute Gasteiger partial charge is 0.481 e. The number of nitrogens with one attached hydrogen (secondary N) is 1. The summed E-state index contributed by atoms with van der Waals surface area (Å²) < 4.78 is 26.9. The van der Waals surface area contributed by atoms with Gasteiger partial charge in [-0.3, -0.25) is 4.79 Å². The first-order valence-electron chi connectivity index (χ1n) is 6.45. The van der Waals surface area contributed by atoms with E-state index in [0.717, 1.165) is 5.56 Å². The average molecular weight is 299 g/mol. The molecule has 0 aliphatic rings. The second-order valence-corrected chi connectivity index (χ2v) is 7.04. The molecule has 0 saturated heterocycles. The number of carbonyl (C=O) groups is 1. The fourth-order valence-electron chi connectivity index (χ4n) is 1.88. The fraction of sp³-hybridized carbons (Fsp3) is 0.500. The lowest BCUT2D eigenvalue weighted by atomic mass is 9.97. The molecule has 0 aromatic heterocycles. The maximum absolute atomic E-state index is 12.3. The molecule has 0 aliphatic heterocycles. The Hall–Kier alpha value is -1.40. The normalized spacial score (nSPS) is 13.4. The highest BCUT2D eigenvalue weighted by Crippen LogP contribution is 2.17. The molecule has 1 aromatic rings. The summed E-state index contributed by atoms with van der Waals surface area (Å²) in [6, 6.07) is 5.16. The number of aryl methyl sites for hydroxylation is 2. The molecule has 1 atom stereocenters. The maximum atomic E-state index is 12.3. The first-order valence-corrected chi connectivity index (χ1v) is 7.93. The Labute approximate surface area is 120 Å². The third-order valence-electron chi connectivity index (χ3n) is 3.25. The van der Waals surface area contributed by atoms with Crippen LogP contribution in [0.25, 0.3) is 0 Å². The first-order chi connectivity index (χ1) is 9.15. The number of hydrogen-bond acceptors (Lipinski definition) is 3. The van der Waals surface area contributed by atoms with Crippen molar-refractivity contribution in [2.24, 2.45) is 11.8 Å². The monoisotopic (exact) mass is 299 g/mol. The van der Waals surface area contributed by atoms with Gasteiger partial charge >= 0.3 is 5.97 Å². The molecule has 0 spiro atoms. The van der Waals surface area contributed by atoms with Gasteiger partial charge in [0.1, 0.15) is 0 Å². The summed E-state index contributed by atoms with van der Waals surface area (Å²) in [6.07, 6.45) is 0.